The molecule has 1 spiro atoms. The molecule has 2 amide bonds. The topological polar surface area (TPSA) is 117 Å². The summed E-state index contributed by atoms with van der Waals surface area (Å²) in [7, 11) is 4.24. The van der Waals surface area contributed by atoms with Gasteiger partial charge >= 0.3 is 12.1 Å². The van der Waals surface area contributed by atoms with Gasteiger partial charge in [-0.05, 0) is 71.2 Å². The molecule has 8 nitrogen and oxygen atoms in total. The van der Waals surface area contributed by atoms with Crippen LogP contribution in [0.5, 0.6) is 0 Å². The summed E-state index contributed by atoms with van der Waals surface area (Å²) in [6.07, 6.45) is 1.29. The first kappa shape index (κ1) is 27.6. The van der Waals surface area contributed by atoms with Crippen LogP contribution >= 0.6 is 0 Å². The molecule has 0 unspecified atom stereocenters. The zero-order valence-corrected chi connectivity index (χ0v) is 20.0. The van der Waals surface area contributed by atoms with Gasteiger partial charge in [-0.1, -0.05) is 6.07 Å². The molecule has 2 aliphatic rings. The van der Waals surface area contributed by atoms with Crippen LogP contribution in [0.2, 0.25) is 0 Å². The van der Waals surface area contributed by atoms with Crippen molar-refractivity contribution in [2.75, 3.05) is 27.2 Å². The Kier molecular flexibility index (Phi) is 8.02. The lowest BCUT2D eigenvalue weighted by Crippen LogP contribution is -2.48. The van der Waals surface area contributed by atoms with Crippen molar-refractivity contribution < 1.29 is 32.7 Å². The van der Waals surface area contributed by atoms with Gasteiger partial charge in [-0.2, -0.15) is 13.2 Å². The third kappa shape index (κ3) is 6.05. The van der Waals surface area contributed by atoms with Gasteiger partial charge in [0.15, 0.2) is 0 Å². The van der Waals surface area contributed by atoms with E-state index in [0.29, 0.717) is 13.0 Å². The normalized spacial score (nSPS) is 25.3. The number of carboxylic acids is 1. The van der Waals surface area contributed by atoms with Gasteiger partial charge < -0.3 is 15.7 Å². The number of hydrogen-bond donors (Lipinski definition) is 2. The number of pyridine rings is 1. The summed E-state index contributed by atoms with van der Waals surface area (Å²) in [6.45, 7) is 4.76. The summed E-state index contributed by atoms with van der Waals surface area (Å²) in [6, 6.07) is 6.11. The number of alkyl halides is 3. The number of halogens is 3. The van der Waals surface area contributed by atoms with Crippen molar-refractivity contribution in [2.45, 2.75) is 57.7 Å². The zero-order chi connectivity index (χ0) is 25.9. The molecule has 0 bridgehead atoms. The predicted molar refractivity (Wildman–Crippen MR) is 118 cm³/mol. The lowest BCUT2D eigenvalue weighted by Gasteiger charge is -2.48. The van der Waals surface area contributed by atoms with Crippen molar-refractivity contribution in [1.29, 1.82) is 0 Å². The molecular formula is C23H33F3N4O4. The van der Waals surface area contributed by atoms with E-state index < -0.39 is 17.6 Å². The number of nitrogens with two attached hydrogens (primary N) is 1. The van der Waals surface area contributed by atoms with E-state index >= 15 is 0 Å². The number of carboxylic acid groups (broad SMARTS) is 1. The monoisotopic (exact) mass is 486 g/mol. The summed E-state index contributed by atoms with van der Waals surface area (Å²) in [4.78, 5) is 42.0. The Hall–Kier alpha value is -2.69. The molecule has 1 aliphatic carbocycles. The van der Waals surface area contributed by atoms with E-state index in [0.717, 1.165) is 37.9 Å². The molecule has 1 saturated heterocycles. The fraction of sp³-hybridized carbons (Fsp3) is 0.652. The van der Waals surface area contributed by atoms with E-state index in [2.05, 4.69) is 30.0 Å². The first-order chi connectivity index (χ1) is 15.5. The SMILES string of the molecule is CN(C)C1(c2ccccn2)CCC2(CC1)CC(=O)N(CC(C)(C)C(N)=O)C2.O=C(O)C(F)(F)F. The van der Waals surface area contributed by atoms with Gasteiger partial charge in [0.2, 0.25) is 11.8 Å². The minimum absolute atomic E-state index is 0.0130. The number of nitrogens with zero attached hydrogens (tertiary/aromatic N) is 3. The highest BCUT2D eigenvalue weighted by molar-refractivity contribution is 5.83. The van der Waals surface area contributed by atoms with Crippen LogP contribution < -0.4 is 5.73 Å². The Morgan fingerprint density at radius 2 is 1.74 bits per heavy atom. The Bertz CT molecular complexity index is 895. The lowest BCUT2D eigenvalue weighted by atomic mass is 9.65. The Balaban J connectivity index is 0.000000509. The molecule has 1 aromatic rings. The van der Waals surface area contributed by atoms with Crippen LogP contribution in [0.1, 0.15) is 51.6 Å². The van der Waals surface area contributed by atoms with Gasteiger partial charge in [-0.15, -0.1) is 0 Å². The van der Waals surface area contributed by atoms with Gasteiger partial charge in [0.1, 0.15) is 0 Å². The molecule has 3 N–H and O–H groups in total. The van der Waals surface area contributed by atoms with E-state index in [1.54, 1.807) is 0 Å². The minimum Gasteiger partial charge on any atom is -0.475 e. The number of rotatable bonds is 5. The van der Waals surface area contributed by atoms with Crippen molar-refractivity contribution in [1.82, 2.24) is 14.8 Å². The number of carbonyl (C=O) groups is 3. The highest BCUT2D eigenvalue weighted by Gasteiger charge is 2.51. The molecule has 1 aromatic heterocycles. The van der Waals surface area contributed by atoms with Crippen molar-refractivity contribution in [3.05, 3.63) is 30.1 Å². The average molecular weight is 487 g/mol. The maximum absolute atomic E-state index is 12.7. The predicted octanol–water partition coefficient (Wildman–Crippen LogP) is 2.78. The minimum atomic E-state index is -5.08. The number of hydrogen-bond acceptors (Lipinski definition) is 5. The number of carbonyl (C=O) groups excluding carboxylic acids is 2. The number of primary amides is 1. The lowest BCUT2D eigenvalue weighted by molar-refractivity contribution is -0.192. The van der Waals surface area contributed by atoms with E-state index in [1.807, 2.05) is 37.1 Å². The smallest absolute Gasteiger partial charge is 0.475 e. The van der Waals surface area contributed by atoms with Crippen molar-refractivity contribution in [2.24, 2.45) is 16.6 Å². The highest BCUT2D eigenvalue weighted by atomic mass is 19.4. The second-order valence-corrected chi connectivity index (χ2v) is 10.1. The molecule has 2 heterocycles. The van der Waals surface area contributed by atoms with Gasteiger partial charge in [0.25, 0.3) is 0 Å². The van der Waals surface area contributed by atoms with E-state index in [9.17, 15) is 22.8 Å². The van der Waals surface area contributed by atoms with Gasteiger partial charge in [-0.3, -0.25) is 19.5 Å². The molecule has 34 heavy (non-hydrogen) atoms. The second-order valence-electron chi connectivity index (χ2n) is 10.1. The fourth-order valence-corrected chi connectivity index (χ4v) is 4.78. The quantitative estimate of drug-likeness (QED) is 0.661. The number of aromatic nitrogens is 1. The van der Waals surface area contributed by atoms with Gasteiger partial charge in [0.05, 0.1) is 16.6 Å². The molecular weight excluding hydrogens is 453 g/mol. The van der Waals surface area contributed by atoms with Crippen LogP contribution in [-0.2, 0) is 19.9 Å². The summed E-state index contributed by atoms with van der Waals surface area (Å²) in [5.74, 6) is -2.96. The van der Waals surface area contributed by atoms with E-state index in [1.165, 1.54) is 0 Å². The summed E-state index contributed by atoms with van der Waals surface area (Å²) in [5.41, 5.74) is 5.86. The van der Waals surface area contributed by atoms with Crippen LogP contribution in [0, 0.1) is 10.8 Å². The second kappa shape index (κ2) is 9.89. The van der Waals surface area contributed by atoms with Crippen molar-refractivity contribution >= 4 is 17.8 Å². The number of amides is 2. The van der Waals surface area contributed by atoms with Gasteiger partial charge in [0, 0.05) is 25.7 Å². The van der Waals surface area contributed by atoms with Crippen molar-refractivity contribution in [3.63, 3.8) is 0 Å². The van der Waals surface area contributed by atoms with Crippen LogP contribution in [-0.4, -0.2) is 71.0 Å². The summed E-state index contributed by atoms with van der Waals surface area (Å²) in [5, 5.41) is 7.12. The fourth-order valence-electron chi connectivity index (χ4n) is 4.78. The molecule has 2 fully saturated rings. The van der Waals surface area contributed by atoms with Crippen LogP contribution in [0.15, 0.2) is 24.4 Å². The maximum Gasteiger partial charge on any atom is 0.490 e. The molecule has 3 rings (SSSR count). The molecule has 0 aromatic carbocycles. The largest absolute Gasteiger partial charge is 0.490 e. The summed E-state index contributed by atoms with van der Waals surface area (Å²) >= 11 is 0. The van der Waals surface area contributed by atoms with E-state index in [-0.39, 0.29) is 22.8 Å². The Morgan fingerprint density at radius 1 is 1.18 bits per heavy atom. The molecule has 190 valence electrons. The number of likely N-dealkylation sites (tertiary alicyclic amines) is 1. The standard InChI is InChI=1S/C21H32N4O2.C2HF3O2/c1-19(2,18(22)27)14-25-15-20(13-17(25)26)8-10-21(11-9-20,24(3)4)16-7-5-6-12-23-16;3-2(4,5)1(6)7/h5-7,12H,8-11,13-15H2,1-4H3,(H2,22,27);(H,6,7). The Morgan fingerprint density at radius 3 is 2.15 bits per heavy atom. The van der Waals surface area contributed by atoms with E-state index in [4.69, 9.17) is 15.6 Å². The third-order valence-electron chi connectivity index (χ3n) is 7.04. The molecule has 1 aliphatic heterocycles. The first-order valence-corrected chi connectivity index (χ1v) is 11.0. The van der Waals surface area contributed by atoms with Crippen molar-refractivity contribution in [3.8, 4) is 0 Å². The molecule has 1 saturated carbocycles. The maximum atomic E-state index is 12.7. The van der Waals surface area contributed by atoms with Crippen LogP contribution in [0.4, 0.5) is 13.2 Å². The van der Waals surface area contributed by atoms with Crippen LogP contribution in [0.25, 0.3) is 0 Å². The highest BCUT2D eigenvalue weighted by Crippen LogP contribution is 2.52. The average Bonchev–Trinajstić information content (AvgIpc) is 3.03. The Labute approximate surface area is 197 Å². The number of aliphatic carboxylic acids is 1. The zero-order valence-electron chi connectivity index (χ0n) is 20.0. The molecule has 0 atom stereocenters. The third-order valence-corrected chi connectivity index (χ3v) is 7.04. The summed E-state index contributed by atoms with van der Waals surface area (Å²) < 4.78 is 31.7. The van der Waals surface area contributed by atoms with Crippen LogP contribution in [0.3, 0.4) is 0 Å². The first-order valence-electron chi connectivity index (χ1n) is 11.0. The van der Waals surface area contributed by atoms with Gasteiger partial charge in [-0.25, -0.2) is 4.79 Å². The molecule has 0 radical (unpaired) electrons. The molecule has 11 heteroatoms.